The van der Waals surface area contributed by atoms with Crippen LogP contribution in [0.3, 0.4) is 0 Å². The summed E-state index contributed by atoms with van der Waals surface area (Å²) in [5, 5.41) is 11.5. The Kier molecular flexibility index (Phi) is 12.8. The van der Waals surface area contributed by atoms with Crippen molar-refractivity contribution in [1.82, 2.24) is 5.23 Å². The number of hydrogen-bond donors (Lipinski definition) is 2. The second-order valence-electron chi connectivity index (χ2n) is 3.11. The number of hydrogen-bond acceptors (Lipinski definition) is 4. The lowest BCUT2D eigenvalue weighted by atomic mass is 10.2. The molecule has 0 spiro atoms. The molecule has 0 aliphatic carbocycles. The molecule has 0 amide bonds. The second kappa shape index (κ2) is 12.9. The van der Waals surface area contributed by atoms with Crippen molar-refractivity contribution in [2.24, 2.45) is 0 Å². The van der Waals surface area contributed by atoms with Gasteiger partial charge in [-0.1, -0.05) is 0 Å². The van der Waals surface area contributed by atoms with Crippen LogP contribution in [0.2, 0.25) is 0 Å². The van der Waals surface area contributed by atoms with Crippen molar-refractivity contribution in [2.45, 2.75) is 19.3 Å². The summed E-state index contributed by atoms with van der Waals surface area (Å²) >= 11 is 0. The minimum Gasteiger partial charge on any atom is -0.394 e. The lowest BCUT2D eigenvalue weighted by molar-refractivity contribution is 0.0864. The number of nitrogens with one attached hydrogen (secondary N) is 1. The predicted octanol–water partition coefficient (Wildman–Crippen LogP) is -0.680. The molecule has 0 heterocycles. The smallest absolute Gasteiger partial charge is 0.182 e. The number of unbranched alkanes of at least 4 members (excludes halogenated alkanes) is 2. The molecule has 0 aliphatic rings. The molecule has 4 nitrogen and oxygen atoms in total. The van der Waals surface area contributed by atoms with Crippen molar-refractivity contribution >= 4 is 7.98 Å². The number of ether oxygens (including phenoxy) is 2. The molecule has 0 saturated carbocycles. The monoisotopic (exact) mass is 203 g/mol. The molecule has 0 aliphatic heterocycles. The van der Waals surface area contributed by atoms with Crippen LogP contribution in [0.5, 0.6) is 0 Å². The van der Waals surface area contributed by atoms with E-state index < -0.39 is 0 Å². The minimum absolute atomic E-state index is 0.118. The molecule has 0 aromatic rings. The fourth-order valence-electron chi connectivity index (χ4n) is 1.03. The summed E-state index contributed by atoms with van der Waals surface area (Å²) in [5.41, 5.74) is 0. The normalized spacial score (nSPS) is 10.6. The summed E-state index contributed by atoms with van der Waals surface area (Å²) < 4.78 is 10.5. The van der Waals surface area contributed by atoms with E-state index in [0.29, 0.717) is 6.61 Å². The predicted molar refractivity (Wildman–Crippen MR) is 59.1 cm³/mol. The molecule has 0 rings (SSSR count). The van der Waals surface area contributed by atoms with E-state index in [1.165, 1.54) is 0 Å². The Labute approximate surface area is 87.4 Å². The molecule has 0 aromatic heterocycles. The highest BCUT2D eigenvalue weighted by Crippen LogP contribution is 1.96. The van der Waals surface area contributed by atoms with Crippen molar-refractivity contribution in [3.63, 3.8) is 0 Å². The topological polar surface area (TPSA) is 50.7 Å². The van der Waals surface area contributed by atoms with Crippen LogP contribution >= 0.6 is 0 Å². The van der Waals surface area contributed by atoms with Gasteiger partial charge in [-0.2, -0.15) is 0 Å². The van der Waals surface area contributed by atoms with E-state index in [0.717, 1.165) is 45.6 Å². The van der Waals surface area contributed by atoms with Gasteiger partial charge in [0, 0.05) is 19.8 Å². The van der Waals surface area contributed by atoms with Gasteiger partial charge in [0.05, 0.1) is 19.8 Å². The van der Waals surface area contributed by atoms with E-state index in [4.69, 9.17) is 14.6 Å². The standard InChI is InChI=1S/C9H22BNO3/c10-11-4-8-13-6-2-1-3-7-14-9-5-12/h11-12H,1-10H2. The molecule has 84 valence electrons. The average molecular weight is 203 g/mol. The van der Waals surface area contributed by atoms with Gasteiger partial charge in [0.1, 0.15) is 0 Å². The first-order valence-electron chi connectivity index (χ1n) is 5.32. The quantitative estimate of drug-likeness (QED) is 0.345. The van der Waals surface area contributed by atoms with Crippen LogP contribution in [-0.2, 0) is 9.47 Å². The molecule has 14 heavy (non-hydrogen) atoms. The average Bonchev–Trinajstić information content (AvgIpc) is 2.21. The van der Waals surface area contributed by atoms with Gasteiger partial charge >= 0.3 is 0 Å². The van der Waals surface area contributed by atoms with Crippen LogP contribution in [0.1, 0.15) is 19.3 Å². The number of aliphatic hydroxyl groups is 1. The largest absolute Gasteiger partial charge is 0.394 e. The summed E-state index contributed by atoms with van der Waals surface area (Å²) in [6.07, 6.45) is 3.27. The molecule has 0 atom stereocenters. The summed E-state index contributed by atoms with van der Waals surface area (Å²) in [6, 6.07) is 0. The van der Waals surface area contributed by atoms with Gasteiger partial charge in [-0.15, -0.1) is 0 Å². The molecular weight excluding hydrogens is 181 g/mol. The van der Waals surface area contributed by atoms with Crippen molar-refractivity contribution in [1.29, 1.82) is 0 Å². The Morgan fingerprint density at radius 2 is 1.57 bits per heavy atom. The Bertz CT molecular complexity index is 94.1. The van der Waals surface area contributed by atoms with E-state index in [2.05, 4.69) is 5.23 Å². The van der Waals surface area contributed by atoms with Crippen LogP contribution in [0.25, 0.3) is 0 Å². The molecule has 0 unspecified atom stereocenters. The highest BCUT2D eigenvalue weighted by atomic mass is 16.5. The molecule has 0 bridgehead atoms. The third-order valence-corrected chi connectivity index (χ3v) is 1.81. The Hall–Kier alpha value is -0.0951. The van der Waals surface area contributed by atoms with Gasteiger partial charge in [0.15, 0.2) is 7.98 Å². The van der Waals surface area contributed by atoms with E-state index in [-0.39, 0.29) is 6.61 Å². The zero-order chi connectivity index (χ0) is 10.5. The summed E-state index contributed by atoms with van der Waals surface area (Å²) in [4.78, 5) is 0. The van der Waals surface area contributed by atoms with E-state index in [1.807, 2.05) is 7.98 Å². The van der Waals surface area contributed by atoms with Gasteiger partial charge in [-0.3, -0.25) is 0 Å². The van der Waals surface area contributed by atoms with Crippen molar-refractivity contribution in [3.8, 4) is 0 Å². The molecule has 0 radical (unpaired) electrons. The lowest BCUT2D eigenvalue weighted by Gasteiger charge is -2.04. The lowest BCUT2D eigenvalue weighted by Crippen LogP contribution is -2.16. The summed E-state index contributed by atoms with van der Waals surface area (Å²) in [6.45, 7) is 3.86. The molecular formula is C9H22BNO3. The maximum atomic E-state index is 8.44. The van der Waals surface area contributed by atoms with Gasteiger partial charge in [0.25, 0.3) is 0 Å². The molecule has 2 N–H and O–H groups in total. The minimum atomic E-state index is 0.118. The third kappa shape index (κ3) is 11.9. The fraction of sp³-hybridized carbons (Fsp3) is 1.00. The summed E-state index contributed by atoms with van der Waals surface area (Å²) in [5.74, 6) is 0. The van der Waals surface area contributed by atoms with Crippen LogP contribution in [-0.4, -0.2) is 52.7 Å². The van der Waals surface area contributed by atoms with Crippen LogP contribution < -0.4 is 5.23 Å². The third-order valence-electron chi connectivity index (χ3n) is 1.81. The first-order chi connectivity index (χ1) is 6.91. The maximum absolute atomic E-state index is 8.44. The van der Waals surface area contributed by atoms with Crippen molar-refractivity contribution in [2.75, 3.05) is 39.6 Å². The molecule has 0 fully saturated rings. The molecule has 0 saturated heterocycles. The van der Waals surface area contributed by atoms with Gasteiger partial charge in [0.2, 0.25) is 0 Å². The molecule has 5 heteroatoms. The highest BCUT2D eigenvalue weighted by Gasteiger charge is 1.91. The van der Waals surface area contributed by atoms with E-state index >= 15 is 0 Å². The van der Waals surface area contributed by atoms with Crippen LogP contribution in [0, 0.1) is 0 Å². The Morgan fingerprint density at radius 3 is 2.14 bits per heavy atom. The highest BCUT2D eigenvalue weighted by molar-refractivity contribution is 6.04. The number of rotatable bonds is 11. The van der Waals surface area contributed by atoms with Gasteiger partial charge in [-0.25, -0.2) is 0 Å². The van der Waals surface area contributed by atoms with Crippen LogP contribution in [0.4, 0.5) is 0 Å². The zero-order valence-electron chi connectivity index (χ0n) is 9.13. The first kappa shape index (κ1) is 13.9. The van der Waals surface area contributed by atoms with Crippen molar-refractivity contribution in [3.05, 3.63) is 0 Å². The first-order valence-corrected chi connectivity index (χ1v) is 5.32. The molecule has 0 aromatic carbocycles. The van der Waals surface area contributed by atoms with E-state index in [1.54, 1.807) is 0 Å². The number of aliphatic hydroxyl groups excluding tert-OH is 1. The Balaban J connectivity index is 2.78. The van der Waals surface area contributed by atoms with E-state index in [9.17, 15) is 0 Å². The van der Waals surface area contributed by atoms with Gasteiger partial charge in [-0.05, 0) is 19.3 Å². The summed E-state index contributed by atoms with van der Waals surface area (Å²) in [7, 11) is 1.92. The van der Waals surface area contributed by atoms with Crippen molar-refractivity contribution < 1.29 is 14.6 Å². The fourth-order valence-corrected chi connectivity index (χ4v) is 1.03. The second-order valence-corrected chi connectivity index (χ2v) is 3.11. The maximum Gasteiger partial charge on any atom is 0.182 e. The Morgan fingerprint density at radius 1 is 0.929 bits per heavy atom. The van der Waals surface area contributed by atoms with Crippen LogP contribution in [0.15, 0.2) is 0 Å². The zero-order valence-corrected chi connectivity index (χ0v) is 9.13. The van der Waals surface area contributed by atoms with Gasteiger partial charge < -0.3 is 19.8 Å². The SMILES string of the molecule is BNCCOCCCCCOCCO.